The van der Waals surface area contributed by atoms with E-state index in [9.17, 15) is 4.79 Å². The molecule has 5 nitrogen and oxygen atoms in total. The van der Waals surface area contributed by atoms with Gasteiger partial charge in [-0.2, -0.15) is 0 Å². The second kappa shape index (κ2) is 6.93. The molecule has 0 bridgehead atoms. The molecule has 1 amide bonds. The zero-order chi connectivity index (χ0) is 17.1. The minimum absolute atomic E-state index is 0.261. The third-order valence-electron chi connectivity index (χ3n) is 3.82. The van der Waals surface area contributed by atoms with Gasteiger partial charge in [-0.3, -0.25) is 4.79 Å². The van der Waals surface area contributed by atoms with Crippen LogP contribution in [0.25, 0.3) is 0 Å². The number of amides is 1. The van der Waals surface area contributed by atoms with Crippen LogP contribution in [0.15, 0.2) is 47.6 Å². The summed E-state index contributed by atoms with van der Waals surface area (Å²) in [5.74, 6) is 0.440. The predicted molar refractivity (Wildman–Crippen MR) is 93.8 cm³/mol. The highest BCUT2D eigenvalue weighted by Gasteiger charge is 2.30. The third kappa shape index (κ3) is 3.36. The molecular weight excluding hydrogens is 328 g/mol. The maximum Gasteiger partial charge on any atom is 0.268 e. The first-order valence-corrected chi connectivity index (χ1v) is 7.89. The van der Waals surface area contributed by atoms with Crippen LogP contribution in [0, 0.1) is 6.92 Å². The van der Waals surface area contributed by atoms with Gasteiger partial charge in [0.1, 0.15) is 5.75 Å². The molecule has 0 saturated carbocycles. The van der Waals surface area contributed by atoms with E-state index in [1.54, 1.807) is 19.2 Å². The van der Waals surface area contributed by atoms with Crippen LogP contribution in [0.4, 0.5) is 5.69 Å². The predicted octanol–water partition coefficient (Wildman–Crippen LogP) is 3.79. The smallest absolute Gasteiger partial charge is 0.268 e. The summed E-state index contributed by atoms with van der Waals surface area (Å²) >= 11 is 6.07. The molecule has 0 radical (unpaired) electrons. The first kappa shape index (κ1) is 16.3. The van der Waals surface area contributed by atoms with E-state index in [0.29, 0.717) is 28.6 Å². The first-order chi connectivity index (χ1) is 11.6. The Bertz CT molecular complexity index is 805. The molecule has 1 aliphatic heterocycles. The van der Waals surface area contributed by atoms with Gasteiger partial charge in [0.25, 0.3) is 5.91 Å². The summed E-state index contributed by atoms with van der Waals surface area (Å²) in [5.41, 5.74) is 3.10. The van der Waals surface area contributed by atoms with Crippen LogP contribution in [-0.2, 0) is 9.63 Å². The van der Waals surface area contributed by atoms with E-state index >= 15 is 0 Å². The number of halogens is 1. The number of methoxy groups -OCH3 is 1. The Balaban J connectivity index is 1.68. The molecule has 0 fully saturated rings. The van der Waals surface area contributed by atoms with Crippen molar-refractivity contribution in [2.75, 3.05) is 12.4 Å². The number of hydrogen-bond acceptors (Lipinski definition) is 4. The highest BCUT2D eigenvalue weighted by molar-refractivity contribution is 6.31. The summed E-state index contributed by atoms with van der Waals surface area (Å²) in [6.45, 7) is 1.90. The molecule has 1 atom stereocenters. The van der Waals surface area contributed by atoms with E-state index in [1.807, 2.05) is 37.3 Å². The number of carbonyl (C=O) groups is 1. The number of aryl methyl sites for hydroxylation is 1. The molecule has 0 spiro atoms. The maximum absolute atomic E-state index is 12.4. The summed E-state index contributed by atoms with van der Waals surface area (Å²) in [4.78, 5) is 17.7. The van der Waals surface area contributed by atoms with Crippen LogP contribution in [0.3, 0.4) is 0 Å². The van der Waals surface area contributed by atoms with Crippen LogP contribution in [-0.4, -0.2) is 24.8 Å². The average molecular weight is 345 g/mol. The number of anilines is 1. The number of rotatable bonds is 4. The van der Waals surface area contributed by atoms with E-state index in [0.717, 1.165) is 11.1 Å². The van der Waals surface area contributed by atoms with Crippen molar-refractivity contribution in [1.82, 2.24) is 0 Å². The fourth-order valence-corrected chi connectivity index (χ4v) is 2.63. The van der Waals surface area contributed by atoms with Crippen molar-refractivity contribution in [2.45, 2.75) is 19.4 Å². The lowest BCUT2D eigenvalue weighted by Gasteiger charge is -2.10. The standard InChI is InChI=1S/C18H17ClN2O3/c1-11-7-8-12(9-14(11)19)20-18(22)17-10-15(21-24-17)13-5-3-4-6-16(13)23-2/h3-9,17H,10H2,1-2H3,(H,20,22). The Labute approximate surface area is 145 Å². The molecule has 1 aliphatic rings. The Morgan fingerprint density at radius 1 is 1.33 bits per heavy atom. The molecule has 2 aromatic carbocycles. The lowest BCUT2D eigenvalue weighted by atomic mass is 10.0. The molecule has 6 heteroatoms. The quantitative estimate of drug-likeness (QED) is 0.918. The summed E-state index contributed by atoms with van der Waals surface area (Å²) in [6.07, 6.45) is -0.295. The minimum atomic E-state index is -0.676. The van der Waals surface area contributed by atoms with Gasteiger partial charge in [0.05, 0.1) is 12.8 Å². The van der Waals surface area contributed by atoms with Crippen molar-refractivity contribution in [3.63, 3.8) is 0 Å². The molecule has 1 N–H and O–H groups in total. The summed E-state index contributed by atoms with van der Waals surface area (Å²) in [7, 11) is 1.60. The monoisotopic (exact) mass is 344 g/mol. The van der Waals surface area contributed by atoms with Gasteiger partial charge in [0.15, 0.2) is 0 Å². The fraction of sp³-hybridized carbons (Fsp3) is 0.222. The van der Waals surface area contributed by atoms with Gasteiger partial charge in [-0.05, 0) is 36.8 Å². The van der Waals surface area contributed by atoms with Crippen molar-refractivity contribution in [3.8, 4) is 5.75 Å². The molecule has 124 valence electrons. The lowest BCUT2D eigenvalue weighted by molar-refractivity contribution is -0.125. The molecule has 0 aromatic heterocycles. The number of para-hydroxylation sites is 1. The van der Waals surface area contributed by atoms with Gasteiger partial charge in [-0.25, -0.2) is 0 Å². The van der Waals surface area contributed by atoms with E-state index < -0.39 is 6.10 Å². The number of oxime groups is 1. The summed E-state index contributed by atoms with van der Waals surface area (Å²) in [6, 6.07) is 12.9. The van der Waals surface area contributed by atoms with Crippen molar-refractivity contribution < 1.29 is 14.4 Å². The molecule has 0 aliphatic carbocycles. The van der Waals surface area contributed by atoms with Crippen molar-refractivity contribution in [2.24, 2.45) is 5.16 Å². The Morgan fingerprint density at radius 2 is 2.12 bits per heavy atom. The van der Waals surface area contributed by atoms with Crippen LogP contribution in [0.5, 0.6) is 5.75 Å². The topological polar surface area (TPSA) is 59.9 Å². The van der Waals surface area contributed by atoms with Crippen molar-refractivity contribution >= 4 is 28.9 Å². The summed E-state index contributed by atoms with van der Waals surface area (Å²) < 4.78 is 5.32. The molecule has 1 heterocycles. The average Bonchev–Trinajstić information content (AvgIpc) is 3.08. The van der Waals surface area contributed by atoms with Gasteiger partial charge < -0.3 is 14.9 Å². The molecule has 1 unspecified atom stereocenters. The lowest BCUT2D eigenvalue weighted by Crippen LogP contribution is -2.28. The molecule has 3 rings (SSSR count). The van der Waals surface area contributed by atoms with Gasteiger partial charge >= 0.3 is 0 Å². The molecule has 2 aromatic rings. The highest BCUT2D eigenvalue weighted by Crippen LogP contribution is 2.25. The largest absolute Gasteiger partial charge is 0.496 e. The first-order valence-electron chi connectivity index (χ1n) is 7.51. The number of nitrogens with one attached hydrogen (secondary N) is 1. The zero-order valence-electron chi connectivity index (χ0n) is 13.4. The number of hydrogen-bond donors (Lipinski definition) is 1. The second-order valence-electron chi connectivity index (χ2n) is 5.49. The molecular formula is C18H17ClN2O3. The second-order valence-corrected chi connectivity index (χ2v) is 5.90. The van der Waals surface area contributed by atoms with E-state index in [4.69, 9.17) is 21.2 Å². The Kier molecular flexibility index (Phi) is 4.71. The Hall–Kier alpha value is -2.53. The van der Waals surface area contributed by atoms with Crippen LogP contribution in [0.2, 0.25) is 5.02 Å². The van der Waals surface area contributed by atoms with Gasteiger partial charge in [0.2, 0.25) is 6.10 Å². The van der Waals surface area contributed by atoms with E-state index in [-0.39, 0.29) is 5.91 Å². The number of nitrogens with zero attached hydrogens (tertiary/aromatic N) is 1. The SMILES string of the molecule is COc1ccccc1C1=NOC(C(=O)Nc2ccc(C)c(Cl)c2)C1. The Morgan fingerprint density at radius 3 is 2.88 bits per heavy atom. The van der Waals surface area contributed by atoms with Crippen LogP contribution < -0.4 is 10.1 Å². The molecule has 0 saturated heterocycles. The molecule has 24 heavy (non-hydrogen) atoms. The van der Waals surface area contributed by atoms with Crippen LogP contribution in [0.1, 0.15) is 17.5 Å². The maximum atomic E-state index is 12.4. The zero-order valence-corrected chi connectivity index (χ0v) is 14.1. The van der Waals surface area contributed by atoms with Gasteiger partial charge in [-0.15, -0.1) is 0 Å². The highest BCUT2D eigenvalue weighted by atomic mass is 35.5. The number of ether oxygens (including phenoxy) is 1. The third-order valence-corrected chi connectivity index (χ3v) is 4.23. The van der Waals surface area contributed by atoms with E-state index in [2.05, 4.69) is 10.5 Å². The van der Waals surface area contributed by atoms with Gasteiger partial charge in [-0.1, -0.05) is 35.0 Å². The van der Waals surface area contributed by atoms with Gasteiger partial charge in [0, 0.05) is 22.7 Å². The fourth-order valence-electron chi connectivity index (χ4n) is 2.45. The van der Waals surface area contributed by atoms with Crippen LogP contribution >= 0.6 is 11.6 Å². The van der Waals surface area contributed by atoms with Crippen molar-refractivity contribution in [3.05, 3.63) is 58.6 Å². The normalized spacial score (nSPS) is 16.3. The van der Waals surface area contributed by atoms with E-state index in [1.165, 1.54) is 0 Å². The number of carbonyl (C=O) groups excluding carboxylic acids is 1. The number of benzene rings is 2. The summed E-state index contributed by atoms with van der Waals surface area (Å²) in [5, 5.41) is 7.44. The van der Waals surface area contributed by atoms with Crippen molar-refractivity contribution in [1.29, 1.82) is 0 Å². The minimum Gasteiger partial charge on any atom is -0.496 e.